The second kappa shape index (κ2) is 17.4. The summed E-state index contributed by atoms with van der Waals surface area (Å²) in [6, 6.07) is 25.5. The molecule has 0 bridgehead atoms. The Bertz CT molecular complexity index is 2590. The zero-order chi connectivity index (χ0) is 42.6. The summed E-state index contributed by atoms with van der Waals surface area (Å²) in [7, 11) is 1.26. The molecule has 6 aromatic rings. The number of carbonyl (C=O) groups excluding carboxylic acids is 4. The number of rotatable bonds is 11. The van der Waals surface area contributed by atoms with Crippen LogP contribution in [0.5, 0.6) is 0 Å². The van der Waals surface area contributed by atoms with Crippen molar-refractivity contribution in [1.82, 2.24) is 35.4 Å². The van der Waals surface area contributed by atoms with Gasteiger partial charge in [-0.2, -0.15) is 0 Å². The van der Waals surface area contributed by atoms with Gasteiger partial charge in [-0.3, -0.25) is 14.4 Å². The van der Waals surface area contributed by atoms with Gasteiger partial charge in [0.25, 0.3) is 11.8 Å². The van der Waals surface area contributed by atoms with E-state index in [4.69, 9.17) is 14.1 Å². The van der Waals surface area contributed by atoms with Crippen molar-refractivity contribution in [2.45, 2.75) is 56.8 Å². The number of nitrogens with zero attached hydrogens (tertiary/aromatic N) is 4. The van der Waals surface area contributed by atoms with Gasteiger partial charge >= 0.3 is 12.2 Å². The second-order valence-electron chi connectivity index (χ2n) is 15.0. The zero-order valence-electron chi connectivity index (χ0n) is 33.5. The Kier molecular flexibility index (Phi) is 11.5. The minimum atomic E-state index is -1.34. The normalized spacial score (nSPS) is 17.1. The molecule has 16 nitrogen and oxygen atoms in total. The van der Waals surface area contributed by atoms with Gasteiger partial charge in [0, 0.05) is 29.9 Å². The predicted molar refractivity (Wildman–Crippen MR) is 224 cm³/mol. The number of hydrogen-bond donors (Lipinski definition) is 5. The lowest BCUT2D eigenvalue weighted by atomic mass is 10.0. The molecular weight excluding hydrogens is 781 g/mol. The van der Waals surface area contributed by atoms with Crippen LogP contribution in [0.4, 0.5) is 15.3 Å². The number of aromatic nitrogens is 3. The molecule has 61 heavy (non-hydrogen) atoms. The van der Waals surface area contributed by atoms with Gasteiger partial charge in [0.15, 0.2) is 5.76 Å². The van der Waals surface area contributed by atoms with Crippen LogP contribution in [0.3, 0.4) is 0 Å². The standard InChI is InChI=1S/C45H44N8O8/c1-26-30(16-9-17-31(26)49-40(54)35-19-11-23-53(35)42(55)37(50-44(57)58)27-12-5-3-6-13-27)41-46-25-36(61-41)29-20-21-32-33(24-29)48-39(47-32)34-18-10-22-52(34)43(56)38(51-45(59)60-2)28-14-7-4-8-15-28/h3-9,12-17,20-21,24-25,34-35,37-38,50H,10-11,18-19,22-23H2,1-2H3,(H,47,48)(H,49,54)(H,51,59)(H,57,58)/t34-,35-,37+,38+/m0/s1. The Morgan fingerprint density at radius 2 is 1.51 bits per heavy atom. The summed E-state index contributed by atoms with van der Waals surface area (Å²) < 4.78 is 11.1. The number of hydrogen-bond acceptors (Lipinski definition) is 9. The highest BCUT2D eigenvalue weighted by atomic mass is 16.5. The largest absolute Gasteiger partial charge is 0.465 e. The van der Waals surface area contributed by atoms with Crippen molar-refractivity contribution in [2.75, 3.05) is 25.5 Å². The molecule has 2 fully saturated rings. The smallest absolute Gasteiger partial charge is 0.407 e. The van der Waals surface area contributed by atoms with Crippen molar-refractivity contribution >= 4 is 46.6 Å². The number of ether oxygens (including phenoxy) is 1. The van der Waals surface area contributed by atoms with Crippen molar-refractivity contribution in [2.24, 2.45) is 0 Å². The van der Waals surface area contributed by atoms with Crippen LogP contribution in [0, 0.1) is 6.92 Å². The average Bonchev–Trinajstić information content (AvgIpc) is 4.12. The third-order valence-electron chi connectivity index (χ3n) is 11.3. The van der Waals surface area contributed by atoms with E-state index in [1.807, 2.05) is 49.4 Å². The molecule has 0 saturated carbocycles. The lowest BCUT2D eigenvalue weighted by Gasteiger charge is -2.28. The Balaban J connectivity index is 0.977. The van der Waals surface area contributed by atoms with Gasteiger partial charge in [0.1, 0.15) is 23.9 Å². The van der Waals surface area contributed by atoms with E-state index >= 15 is 0 Å². The fourth-order valence-corrected chi connectivity index (χ4v) is 8.20. The van der Waals surface area contributed by atoms with Crippen LogP contribution in [0.1, 0.15) is 66.3 Å². The van der Waals surface area contributed by atoms with Crippen LogP contribution >= 0.6 is 0 Å². The maximum absolute atomic E-state index is 14.0. The van der Waals surface area contributed by atoms with Gasteiger partial charge < -0.3 is 45.0 Å². The molecule has 0 aliphatic carbocycles. The van der Waals surface area contributed by atoms with E-state index in [-0.39, 0.29) is 17.9 Å². The Morgan fingerprint density at radius 1 is 0.836 bits per heavy atom. The highest BCUT2D eigenvalue weighted by molar-refractivity contribution is 6.00. The molecule has 0 unspecified atom stereocenters. The van der Waals surface area contributed by atoms with Gasteiger partial charge in [-0.05, 0) is 79.6 Å². The van der Waals surface area contributed by atoms with Crippen molar-refractivity contribution in [3.05, 3.63) is 126 Å². The van der Waals surface area contributed by atoms with Crippen LogP contribution in [0.2, 0.25) is 0 Å². The molecule has 2 aliphatic heterocycles. The van der Waals surface area contributed by atoms with E-state index < -0.39 is 36.2 Å². The molecule has 8 rings (SSSR count). The lowest BCUT2D eigenvalue weighted by Crippen LogP contribution is -2.48. The SMILES string of the molecule is COC(=O)N[C@@H](C(=O)N1CCC[C@H]1c1nc2cc(-c3cnc(-c4cccc(NC(=O)[C@@H]5CCCN5C(=O)[C@H](NC(=O)O)c5ccccc5)c4C)o3)ccc2[nH]1)c1ccccc1. The summed E-state index contributed by atoms with van der Waals surface area (Å²) in [5.74, 6) is 0.330. The summed E-state index contributed by atoms with van der Waals surface area (Å²) in [6.45, 7) is 2.66. The molecule has 312 valence electrons. The van der Waals surface area contributed by atoms with Crippen LogP contribution < -0.4 is 16.0 Å². The number of methoxy groups -OCH3 is 1. The van der Waals surface area contributed by atoms with E-state index in [0.29, 0.717) is 83.3 Å². The number of aromatic amines is 1. The molecule has 4 heterocycles. The third kappa shape index (κ3) is 8.37. The maximum Gasteiger partial charge on any atom is 0.407 e. The molecule has 16 heteroatoms. The first-order valence-corrected chi connectivity index (χ1v) is 20.0. The maximum atomic E-state index is 14.0. The van der Waals surface area contributed by atoms with Crippen LogP contribution in [0.25, 0.3) is 33.8 Å². The summed E-state index contributed by atoms with van der Waals surface area (Å²) in [6.07, 6.45) is 2.06. The van der Waals surface area contributed by atoms with Gasteiger partial charge in [0.05, 0.1) is 30.4 Å². The topological polar surface area (TPSA) is 212 Å². The van der Waals surface area contributed by atoms with Gasteiger partial charge in [-0.15, -0.1) is 0 Å². The van der Waals surface area contributed by atoms with E-state index in [9.17, 15) is 29.1 Å². The van der Waals surface area contributed by atoms with Crippen molar-refractivity contribution in [3.8, 4) is 22.8 Å². The number of carbonyl (C=O) groups is 5. The summed E-state index contributed by atoms with van der Waals surface area (Å²) >= 11 is 0. The Labute approximate surface area is 350 Å². The quantitative estimate of drug-likeness (QED) is 0.0913. The number of likely N-dealkylation sites (tertiary alicyclic amines) is 2. The third-order valence-corrected chi connectivity index (χ3v) is 11.3. The predicted octanol–water partition coefficient (Wildman–Crippen LogP) is 6.89. The number of alkyl carbamates (subject to hydrolysis) is 1. The van der Waals surface area contributed by atoms with E-state index in [2.05, 4.69) is 25.9 Å². The van der Waals surface area contributed by atoms with Crippen LogP contribution in [-0.4, -0.2) is 86.0 Å². The molecule has 2 saturated heterocycles. The highest BCUT2D eigenvalue weighted by Crippen LogP contribution is 2.36. The molecule has 5 N–H and O–H groups in total. The number of benzene rings is 4. The van der Waals surface area contributed by atoms with E-state index in [1.54, 1.807) is 65.7 Å². The second-order valence-corrected chi connectivity index (χ2v) is 15.0. The Hall–Kier alpha value is -7.49. The zero-order valence-corrected chi connectivity index (χ0v) is 33.5. The molecule has 4 atom stereocenters. The number of oxazole rings is 1. The number of amides is 5. The van der Waals surface area contributed by atoms with E-state index in [0.717, 1.165) is 17.5 Å². The summed E-state index contributed by atoms with van der Waals surface area (Å²) in [5.41, 5.74) is 5.19. The van der Waals surface area contributed by atoms with Crippen LogP contribution in [-0.2, 0) is 19.1 Å². The number of fused-ring (bicyclic) bond motifs is 1. The van der Waals surface area contributed by atoms with Gasteiger partial charge in [-0.1, -0.05) is 66.7 Å². The lowest BCUT2D eigenvalue weighted by molar-refractivity contribution is -0.138. The van der Waals surface area contributed by atoms with Gasteiger partial charge in [0.2, 0.25) is 11.8 Å². The Morgan fingerprint density at radius 3 is 2.21 bits per heavy atom. The highest BCUT2D eigenvalue weighted by Gasteiger charge is 2.39. The molecule has 0 spiro atoms. The molecule has 2 aliphatic rings. The minimum absolute atomic E-state index is 0.258. The first kappa shape index (κ1) is 40.3. The van der Waals surface area contributed by atoms with Crippen molar-refractivity contribution in [1.29, 1.82) is 0 Å². The molecule has 2 aromatic heterocycles. The van der Waals surface area contributed by atoms with Gasteiger partial charge in [-0.25, -0.2) is 19.6 Å². The fraction of sp³-hybridized carbons (Fsp3) is 0.267. The number of nitrogens with one attached hydrogen (secondary N) is 4. The number of imidazole rings is 1. The summed E-state index contributed by atoms with van der Waals surface area (Å²) in [5, 5.41) is 17.5. The average molecular weight is 825 g/mol. The first-order chi connectivity index (χ1) is 29.6. The first-order valence-electron chi connectivity index (χ1n) is 20.0. The molecule has 4 aromatic carbocycles. The number of carboxylic acid groups (broad SMARTS) is 1. The van der Waals surface area contributed by atoms with Crippen LogP contribution in [0.15, 0.2) is 108 Å². The minimum Gasteiger partial charge on any atom is -0.465 e. The molecular formula is C45H44N8O8. The number of anilines is 1. The number of H-pyrrole nitrogens is 1. The fourth-order valence-electron chi connectivity index (χ4n) is 8.20. The molecule has 0 radical (unpaired) electrons. The van der Waals surface area contributed by atoms with Crippen molar-refractivity contribution < 1.29 is 38.2 Å². The monoisotopic (exact) mass is 824 g/mol. The summed E-state index contributed by atoms with van der Waals surface area (Å²) in [4.78, 5) is 81.4. The van der Waals surface area contributed by atoms with E-state index in [1.165, 1.54) is 12.0 Å². The molecule has 5 amide bonds. The van der Waals surface area contributed by atoms with Crippen molar-refractivity contribution in [3.63, 3.8) is 0 Å².